The molecule has 1 N–H and O–H groups in total. The van der Waals surface area contributed by atoms with Crippen molar-refractivity contribution in [3.63, 3.8) is 0 Å². The summed E-state index contributed by atoms with van der Waals surface area (Å²) in [5.41, 5.74) is -1.01. The molecule has 224 valence electrons. The average Bonchev–Trinajstić information content (AvgIpc) is 3.13. The van der Waals surface area contributed by atoms with Gasteiger partial charge in [0.05, 0.1) is 11.1 Å². The van der Waals surface area contributed by atoms with Crippen LogP contribution in [0.2, 0.25) is 0 Å². The molecule has 1 aliphatic rings. The summed E-state index contributed by atoms with van der Waals surface area (Å²) in [5.74, 6) is -4.27. The summed E-state index contributed by atoms with van der Waals surface area (Å²) in [4.78, 5) is 78.4. The van der Waals surface area contributed by atoms with Gasteiger partial charge in [0.1, 0.15) is 23.9 Å². The minimum absolute atomic E-state index is 0.124. The summed E-state index contributed by atoms with van der Waals surface area (Å²) >= 11 is 0.389. The zero-order chi connectivity index (χ0) is 31.2. The molecule has 2 atom stereocenters. The fourth-order valence-corrected chi connectivity index (χ4v) is 4.68. The van der Waals surface area contributed by atoms with E-state index in [1.807, 2.05) is 0 Å². The van der Waals surface area contributed by atoms with E-state index < -0.39 is 64.5 Å². The van der Waals surface area contributed by atoms with Crippen molar-refractivity contribution in [1.82, 2.24) is 9.62 Å². The van der Waals surface area contributed by atoms with E-state index in [0.717, 1.165) is 4.31 Å². The van der Waals surface area contributed by atoms with E-state index in [4.69, 9.17) is 14.2 Å². The molecule has 1 heterocycles. The monoisotopic (exact) mass is 598 g/mol. The number of alkyl carbamates (subject to hydrolysis) is 1. The van der Waals surface area contributed by atoms with Gasteiger partial charge < -0.3 is 19.5 Å². The number of carbonyl (C=O) groups is 6. The largest absolute Gasteiger partial charge is 0.459 e. The lowest BCUT2D eigenvalue weighted by atomic mass is 10.1. The van der Waals surface area contributed by atoms with Crippen LogP contribution in [-0.2, 0) is 35.2 Å². The first-order valence-corrected chi connectivity index (χ1v) is 14.0. The van der Waals surface area contributed by atoms with Crippen LogP contribution in [0.25, 0.3) is 0 Å². The van der Waals surface area contributed by atoms with Crippen LogP contribution in [0.4, 0.5) is 4.79 Å². The highest BCUT2D eigenvalue weighted by molar-refractivity contribution is 8.00. The van der Waals surface area contributed by atoms with Gasteiger partial charge in [-0.05, 0) is 71.2 Å². The van der Waals surface area contributed by atoms with E-state index >= 15 is 0 Å². The first-order chi connectivity index (χ1) is 19.6. The zero-order valence-electron chi connectivity index (χ0n) is 24.3. The molecule has 0 radical (unpaired) electrons. The lowest BCUT2D eigenvalue weighted by Crippen LogP contribution is -2.47. The summed E-state index contributed by atoms with van der Waals surface area (Å²) in [6.07, 6.45) is -1.70. The molecule has 0 bridgehead atoms. The van der Waals surface area contributed by atoms with Crippen LogP contribution < -0.4 is 5.32 Å². The van der Waals surface area contributed by atoms with Gasteiger partial charge in [-0.25, -0.2) is 13.9 Å². The highest BCUT2D eigenvalue weighted by Gasteiger charge is 2.43. The molecule has 42 heavy (non-hydrogen) atoms. The number of nitrogens with one attached hydrogen (secondary N) is 1. The number of nitrogens with zero attached hydrogens (tertiary/aromatic N) is 1. The number of Topliss-reactive ketones (excluding diaryl/α,β-unsaturated/α-hetero) is 1. The van der Waals surface area contributed by atoms with Crippen molar-refractivity contribution in [2.24, 2.45) is 0 Å². The number of carbonyl (C=O) groups excluding carboxylic acids is 6. The molecule has 3 amide bonds. The Hall–Kier alpha value is -4.19. The molecule has 12 heteroatoms. The number of ether oxygens (including phenoxy) is 3. The molecule has 0 saturated heterocycles. The van der Waals surface area contributed by atoms with Crippen LogP contribution in [0.15, 0.2) is 54.6 Å². The molecule has 0 aromatic heterocycles. The van der Waals surface area contributed by atoms with Crippen molar-refractivity contribution >= 4 is 47.6 Å². The first kappa shape index (κ1) is 32.3. The topological polar surface area (TPSA) is 145 Å². The van der Waals surface area contributed by atoms with Gasteiger partial charge in [-0.3, -0.25) is 19.2 Å². The van der Waals surface area contributed by atoms with E-state index in [9.17, 15) is 28.8 Å². The highest BCUT2D eigenvalue weighted by Crippen LogP contribution is 2.32. The molecule has 2 aromatic rings. The Labute approximate surface area is 248 Å². The van der Waals surface area contributed by atoms with Gasteiger partial charge in [0.2, 0.25) is 0 Å². The Morgan fingerprint density at radius 1 is 0.786 bits per heavy atom. The van der Waals surface area contributed by atoms with Crippen molar-refractivity contribution in [3.05, 3.63) is 71.3 Å². The maximum Gasteiger partial charge on any atom is 0.408 e. The second kappa shape index (κ2) is 13.2. The molecule has 0 aliphatic carbocycles. The summed E-state index contributed by atoms with van der Waals surface area (Å²) < 4.78 is 16.7. The van der Waals surface area contributed by atoms with E-state index in [-0.39, 0.29) is 17.7 Å². The van der Waals surface area contributed by atoms with Crippen LogP contribution in [0.1, 0.15) is 74.2 Å². The Bertz CT molecular complexity index is 1330. The van der Waals surface area contributed by atoms with Crippen molar-refractivity contribution in [1.29, 1.82) is 0 Å². The number of ketones is 1. The SMILES string of the molecule is CC(C)(C)OC(=O)N[C@@H](CC(=O)C(SN1C(=O)c2ccccc2C1=O)C(=O)OC(C)(C)C)C(=O)OCc1ccccc1. The van der Waals surface area contributed by atoms with Gasteiger partial charge in [-0.2, -0.15) is 0 Å². The van der Waals surface area contributed by atoms with Crippen LogP contribution >= 0.6 is 11.9 Å². The second-order valence-corrected chi connectivity index (χ2v) is 12.5. The number of esters is 2. The number of amides is 3. The van der Waals surface area contributed by atoms with Gasteiger partial charge in [-0.15, -0.1) is 0 Å². The van der Waals surface area contributed by atoms with Crippen molar-refractivity contribution in [2.75, 3.05) is 0 Å². The van der Waals surface area contributed by atoms with Crippen molar-refractivity contribution in [3.8, 4) is 0 Å². The molecular weight excluding hydrogens is 564 g/mol. The predicted molar refractivity (Wildman–Crippen MR) is 153 cm³/mol. The molecule has 1 unspecified atom stereocenters. The van der Waals surface area contributed by atoms with Gasteiger partial charge in [0.15, 0.2) is 11.0 Å². The van der Waals surface area contributed by atoms with Gasteiger partial charge in [0.25, 0.3) is 11.8 Å². The number of hydrogen-bond acceptors (Lipinski definition) is 10. The third-order valence-corrected chi connectivity index (χ3v) is 6.69. The van der Waals surface area contributed by atoms with Crippen LogP contribution in [-0.4, -0.2) is 62.4 Å². The van der Waals surface area contributed by atoms with Gasteiger partial charge in [0, 0.05) is 6.42 Å². The molecule has 1 aliphatic heterocycles. The number of fused-ring (bicyclic) bond motifs is 1. The minimum Gasteiger partial charge on any atom is -0.459 e. The number of rotatable bonds is 10. The Balaban J connectivity index is 1.86. The van der Waals surface area contributed by atoms with E-state index in [1.165, 1.54) is 12.1 Å². The number of hydrogen-bond donors (Lipinski definition) is 1. The van der Waals surface area contributed by atoms with Crippen molar-refractivity contribution in [2.45, 2.75) is 77.1 Å². The molecule has 0 saturated carbocycles. The molecular formula is C30H34N2O9S. The standard InChI is InChI=1S/C30H34N2O9S/c1-29(2,3)40-27(37)23(42-32-24(34)19-14-10-11-15-20(19)25(32)35)22(33)16-21(31-28(38)41-30(4,5)6)26(36)39-17-18-12-8-7-9-13-18/h7-15,21,23H,16-17H2,1-6H3,(H,31,38)/t21-,23?/m0/s1. The quantitative estimate of drug-likeness (QED) is 0.139. The fourth-order valence-electron chi connectivity index (χ4n) is 3.74. The minimum atomic E-state index is -1.73. The van der Waals surface area contributed by atoms with E-state index in [0.29, 0.717) is 17.5 Å². The average molecular weight is 599 g/mol. The van der Waals surface area contributed by atoms with Crippen molar-refractivity contribution < 1.29 is 43.0 Å². The first-order valence-electron chi connectivity index (χ1n) is 13.2. The summed E-state index contributed by atoms with van der Waals surface area (Å²) in [7, 11) is 0. The predicted octanol–water partition coefficient (Wildman–Crippen LogP) is 4.24. The van der Waals surface area contributed by atoms with Gasteiger partial charge >= 0.3 is 18.0 Å². The Kier molecular flexibility index (Phi) is 10.2. The zero-order valence-corrected chi connectivity index (χ0v) is 25.1. The Morgan fingerprint density at radius 3 is 1.83 bits per heavy atom. The third-order valence-electron chi connectivity index (χ3n) is 5.49. The van der Waals surface area contributed by atoms with Crippen LogP contribution in [0.5, 0.6) is 0 Å². The molecule has 0 fully saturated rings. The fraction of sp³-hybridized carbons (Fsp3) is 0.400. The summed E-state index contributed by atoms with van der Waals surface area (Å²) in [6, 6.07) is 13.3. The third kappa shape index (κ3) is 8.90. The van der Waals surface area contributed by atoms with Gasteiger partial charge in [-0.1, -0.05) is 42.5 Å². The molecule has 0 spiro atoms. The summed E-state index contributed by atoms with van der Waals surface area (Å²) in [5, 5.41) is 0.617. The van der Waals surface area contributed by atoms with Crippen LogP contribution in [0, 0.1) is 0 Å². The summed E-state index contributed by atoms with van der Waals surface area (Å²) in [6.45, 7) is 9.50. The van der Waals surface area contributed by atoms with Crippen LogP contribution in [0.3, 0.4) is 0 Å². The maximum absolute atomic E-state index is 13.6. The molecule has 11 nitrogen and oxygen atoms in total. The smallest absolute Gasteiger partial charge is 0.408 e. The van der Waals surface area contributed by atoms with E-state index in [1.54, 1.807) is 84.0 Å². The number of benzene rings is 2. The lowest BCUT2D eigenvalue weighted by molar-refractivity contribution is -0.156. The molecule has 2 aromatic carbocycles. The highest BCUT2D eigenvalue weighted by atomic mass is 32.2. The lowest BCUT2D eigenvalue weighted by Gasteiger charge is -2.26. The maximum atomic E-state index is 13.6. The second-order valence-electron chi connectivity index (χ2n) is 11.4. The number of imide groups is 1. The van der Waals surface area contributed by atoms with E-state index in [2.05, 4.69) is 5.32 Å². The molecule has 3 rings (SSSR count). The normalized spacial score (nSPS) is 14.5. The Morgan fingerprint density at radius 2 is 1.31 bits per heavy atom.